The Hall–Kier alpha value is -1.73. The van der Waals surface area contributed by atoms with Crippen molar-refractivity contribution < 1.29 is 23.7 Å². The standard InChI is InChI=1S/C30H45NO5/c1-21(2)9-15-25-29(3,36-25)28-27(33-6)24(17-18-30(28)20-34-30)35-26(32)16-14-23-12-10-22(11-13-23)8-7-19-31(4)5/h10-14,16,21,24-25,27-28H,7-9,15,17-20H2,1-6H3/b16-14+/t24-,25-,27-,28-,29+,30?/m1/s1. The Morgan fingerprint density at radius 3 is 2.58 bits per heavy atom. The van der Waals surface area contributed by atoms with Gasteiger partial charge in [-0.3, -0.25) is 0 Å². The van der Waals surface area contributed by atoms with Crippen LogP contribution in [-0.2, 0) is 30.2 Å². The summed E-state index contributed by atoms with van der Waals surface area (Å²) in [6, 6.07) is 8.38. The van der Waals surface area contributed by atoms with Crippen LogP contribution in [0.15, 0.2) is 30.3 Å². The monoisotopic (exact) mass is 499 g/mol. The van der Waals surface area contributed by atoms with E-state index in [9.17, 15) is 4.79 Å². The molecule has 1 aromatic carbocycles. The maximum atomic E-state index is 12.8. The van der Waals surface area contributed by atoms with Gasteiger partial charge in [0.1, 0.15) is 23.4 Å². The zero-order valence-corrected chi connectivity index (χ0v) is 23.0. The number of esters is 1. The van der Waals surface area contributed by atoms with Crippen LogP contribution in [0.1, 0.15) is 64.0 Å². The number of rotatable bonds is 12. The SMILES string of the molecule is CO[C@@H]1[C@H](OC(=O)/C=C/c2ccc(CCCN(C)C)cc2)CCC2(CO2)[C@H]1[C@@]1(C)O[C@@H]1CCC(C)C. The quantitative estimate of drug-likeness (QED) is 0.232. The van der Waals surface area contributed by atoms with Gasteiger partial charge in [0.15, 0.2) is 0 Å². The number of methoxy groups -OCH3 is 1. The molecule has 1 spiro atoms. The van der Waals surface area contributed by atoms with Crippen molar-refractivity contribution in [3.05, 3.63) is 41.5 Å². The van der Waals surface area contributed by atoms with Gasteiger partial charge in [-0.15, -0.1) is 0 Å². The largest absolute Gasteiger partial charge is 0.456 e. The van der Waals surface area contributed by atoms with Crippen molar-refractivity contribution in [3.8, 4) is 0 Å². The van der Waals surface area contributed by atoms with E-state index in [4.69, 9.17) is 18.9 Å². The Labute approximate surface area is 217 Å². The fourth-order valence-corrected chi connectivity index (χ4v) is 6.02. The highest BCUT2D eigenvalue weighted by molar-refractivity contribution is 5.87. The van der Waals surface area contributed by atoms with Gasteiger partial charge in [0.2, 0.25) is 0 Å². The molecule has 36 heavy (non-hydrogen) atoms. The van der Waals surface area contributed by atoms with E-state index in [0.717, 1.165) is 57.2 Å². The lowest BCUT2D eigenvalue weighted by atomic mass is 9.68. The van der Waals surface area contributed by atoms with Crippen LogP contribution < -0.4 is 0 Å². The van der Waals surface area contributed by atoms with Crippen molar-refractivity contribution >= 4 is 12.0 Å². The van der Waals surface area contributed by atoms with Crippen molar-refractivity contribution in [2.24, 2.45) is 11.8 Å². The molecule has 6 nitrogen and oxygen atoms in total. The second kappa shape index (κ2) is 11.3. The first kappa shape index (κ1) is 27.3. The van der Waals surface area contributed by atoms with Crippen LogP contribution in [0.25, 0.3) is 6.08 Å². The van der Waals surface area contributed by atoms with Gasteiger partial charge in [-0.2, -0.15) is 0 Å². The molecule has 1 aliphatic carbocycles. The highest BCUT2D eigenvalue weighted by Crippen LogP contribution is 2.59. The van der Waals surface area contributed by atoms with E-state index in [1.54, 1.807) is 7.11 Å². The first-order valence-electron chi connectivity index (χ1n) is 13.6. The smallest absolute Gasteiger partial charge is 0.331 e. The molecule has 0 bridgehead atoms. The predicted molar refractivity (Wildman–Crippen MR) is 142 cm³/mol. The number of hydrogen-bond donors (Lipinski definition) is 0. The van der Waals surface area contributed by atoms with Crippen molar-refractivity contribution in [2.75, 3.05) is 34.4 Å². The van der Waals surface area contributed by atoms with Crippen molar-refractivity contribution in [1.82, 2.24) is 4.90 Å². The molecule has 2 saturated heterocycles. The Kier molecular flexibility index (Phi) is 8.60. The minimum Gasteiger partial charge on any atom is -0.456 e. The molecule has 6 heteroatoms. The Morgan fingerprint density at radius 1 is 1.25 bits per heavy atom. The first-order chi connectivity index (χ1) is 17.2. The Morgan fingerprint density at radius 2 is 1.97 bits per heavy atom. The molecule has 3 fully saturated rings. The minimum absolute atomic E-state index is 0.0581. The molecule has 0 amide bonds. The molecule has 200 valence electrons. The van der Waals surface area contributed by atoms with E-state index in [2.05, 4.69) is 64.0 Å². The summed E-state index contributed by atoms with van der Waals surface area (Å²) in [5.74, 6) is 0.374. The van der Waals surface area contributed by atoms with Gasteiger partial charge < -0.3 is 23.8 Å². The molecule has 4 rings (SSSR count). The summed E-state index contributed by atoms with van der Waals surface area (Å²) in [7, 11) is 5.90. The van der Waals surface area contributed by atoms with Gasteiger partial charge in [0.05, 0.1) is 18.6 Å². The number of hydrogen-bond acceptors (Lipinski definition) is 6. The highest BCUT2D eigenvalue weighted by atomic mass is 16.6. The number of nitrogens with zero attached hydrogens (tertiary/aromatic N) is 1. The van der Waals surface area contributed by atoms with Gasteiger partial charge in [-0.1, -0.05) is 38.1 Å². The van der Waals surface area contributed by atoms with Gasteiger partial charge in [0, 0.05) is 13.2 Å². The zero-order chi connectivity index (χ0) is 25.9. The van der Waals surface area contributed by atoms with Crippen LogP contribution in [0.2, 0.25) is 0 Å². The van der Waals surface area contributed by atoms with Gasteiger partial charge >= 0.3 is 5.97 Å². The lowest BCUT2D eigenvalue weighted by Gasteiger charge is -2.42. The third-order valence-electron chi connectivity index (χ3n) is 8.23. The second-order valence-corrected chi connectivity index (χ2v) is 11.8. The number of epoxide rings is 2. The molecule has 1 saturated carbocycles. The topological polar surface area (TPSA) is 63.8 Å². The summed E-state index contributed by atoms with van der Waals surface area (Å²) in [5.41, 5.74) is 1.81. The van der Waals surface area contributed by atoms with E-state index in [0.29, 0.717) is 5.92 Å². The van der Waals surface area contributed by atoms with E-state index in [1.807, 2.05) is 6.08 Å². The van der Waals surface area contributed by atoms with Gasteiger partial charge in [-0.25, -0.2) is 4.79 Å². The first-order valence-corrected chi connectivity index (χ1v) is 13.6. The summed E-state index contributed by atoms with van der Waals surface area (Å²) in [4.78, 5) is 15.0. The van der Waals surface area contributed by atoms with Crippen LogP contribution in [-0.4, -0.2) is 74.7 Å². The maximum absolute atomic E-state index is 12.8. The Bertz CT molecular complexity index is 906. The molecule has 0 aromatic heterocycles. The number of ether oxygens (including phenoxy) is 4. The van der Waals surface area contributed by atoms with Crippen LogP contribution in [0, 0.1) is 11.8 Å². The van der Waals surface area contributed by atoms with Crippen molar-refractivity contribution in [1.29, 1.82) is 0 Å². The molecular weight excluding hydrogens is 454 g/mol. The highest BCUT2D eigenvalue weighted by Gasteiger charge is 2.72. The van der Waals surface area contributed by atoms with Crippen LogP contribution in [0.4, 0.5) is 0 Å². The zero-order valence-electron chi connectivity index (χ0n) is 23.0. The third-order valence-corrected chi connectivity index (χ3v) is 8.23. The van der Waals surface area contributed by atoms with Crippen molar-refractivity contribution in [2.45, 2.75) is 88.8 Å². The fraction of sp³-hybridized carbons (Fsp3) is 0.700. The van der Waals surface area contributed by atoms with Crippen LogP contribution in [0.5, 0.6) is 0 Å². The van der Waals surface area contributed by atoms with E-state index in [-0.39, 0.29) is 41.4 Å². The van der Waals surface area contributed by atoms with Crippen LogP contribution >= 0.6 is 0 Å². The summed E-state index contributed by atoms with van der Waals surface area (Å²) in [5, 5.41) is 0. The van der Waals surface area contributed by atoms with E-state index < -0.39 is 0 Å². The molecule has 0 radical (unpaired) electrons. The van der Waals surface area contributed by atoms with E-state index >= 15 is 0 Å². The maximum Gasteiger partial charge on any atom is 0.331 e. The summed E-state index contributed by atoms with van der Waals surface area (Å²) in [6.45, 7) is 8.49. The molecule has 3 aliphatic rings. The predicted octanol–water partition coefficient (Wildman–Crippen LogP) is 4.89. The molecule has 6 atom stereocenters. The number of aryl methyl sites for hydroxylation is 1. The lowest BCUT2D eigenvalue weighted by molar-refractivity contribution is -0.166. The van der Waals surface area contributed by atoms with Gasteiger partial charge in [-0.05, 0) is 89.2 Å². The lowest BCUT2D eigenvalue weighted by Crippen LogP contribution is -2.55. The fourth-order valence-electron chi connectivity index (χ4n) is 6.02. The minimum atomic E-state index is -0.332. The number of carbonyl (C=O) groups is 1. The number of carbonyl (C=O) groups excluding carboxylic acids is 1. The van der Waals surface area contributed by atoms with E-state index in [1.165, 1.54) is 11.6 Å². The summed E-state index contributed by atoms with van der Waals surface area (Å²) in [6.07, 6.45) is 8.99. The average Bonchev–Trinajstić information content (AvgIpc) is 3.75. The van der Waals surface area contributed by atoms with Crippen molar-refractivity contribution in [3.63, 3.8) is 0 Å². The average molecular weight is 500 g/mol. The Balaban J connectivity index is 1.34. The molecule has 2 aliphatic heterocycles. The second-order valence-electron chi connectivity index (χ2n) is 11.8. The molecule has 0 N–H and O–H groups in total. The normalized spacial score (nSPS) is 33.6. The molecule has 1 unspecified atom stereocenters. The third kappa shape index (κ3) is 6.39. The summed E-state index contributed by atoms with van der Waals surface area (Å²) >= 11 is 0. The summed E-state index contributed by atoms with van der Waals surface area (Å²) < 4.78 is 24.2. The molecule has 2 heterocycles. The van der Waals surface area contributed by atoms with Crippen LogP contribution in [0.3, 0.4) is 0 Å². The molecular formula is C30H45NO5. The number of benzene rings is 1. The molecule has 1 aromatic rings. The van der Waals surface area contributed by atoms with Gasteiger partial charge in [0.25, 0.3) is 0 Å².